The van der Waals surface area contributed by atoms with E-state index in [2.05, 4.69) is 27.7 Å². The lowest BCUT2D eigenvalue weighted by Crippen LogP contribution is -2.00. The summed E-state index contributed by atoms with van der Waals surface area (Å²) in [5.74, 6) is 1.41. The molecule has 0 aromatic rings. The predicted octanol–water partition coefficient (Wildman–Crippen LogP) is 2.50. The lowest BCUT2D eigenvalue weighted by molar-refractivity contribution is 0.443. The highest BCUT2D eigenvalue weighted by molar-refractivity contribution is 4.60. The maximum atomic E-state index is 3.91. The van der Waals surface area contributed by atoms with Crippen LogP contribution in [-0.2, 0) is 0 Å². The third kappa shape index (κ3) is 2.55. The van der Waals surface area contributed by atoms with Gasteiger partial charge < -0.3 is 0 Å². The molecule has 0 aromatic carbocycles. The monoisotopic (exact) mass is 99.1 g/mol. The Hall–Kier alpha value is -0.130. The zero-order valence-electron chi connectivity index (χ0n) is 5.57. The van der Waals surface area contributed by atoms with Crippen molar-refractivity contribution in [3.8, 4) is 0 Å². The van der Waals surface area contributed by atoms with Crippen LogP contribution in [0.3, 0.4) is 0 Å². The molecule has 0 saturated heterocycles. The van der Waals surface area contributed by atoms with E-state index >= 15 is 0 Å². The Morgan fingerprint density at radius 2 is 1.86 bits per heavy atom. The van der Waals surface area contributed by atoms with Crippen LogP contribution in [0.4, 0.5) is 0 Å². The first kappa shape index (κ1) is 6.87. The van der Waals surface area contributed by atoms with E-state index in [0.29, 0.717) is 5.92 Å². The average molecular weight is 99.2 g/mol. The van der Waals surface area contributed by atoms with Crippen LogP contribution in [0, 0.1) is 18.8 Å². The van der Waals surface area contributed by atoms with E-state index in [1.165, 1.54) is 6.42 Å². The van der Waals surface area contributed by atoms with Crippen LogP contribution in [0.2, 0.25) is 0 Å². The van der Waals surface area contributed by atoms with E-state index in [1.54, 1.807) is 0 Å². The highest BCUT2D eigenvalue weighted by atomic mass is 14.1. The molecule has 0 aliphatic carbocycles. The maximum Gasteiger partial charge on any atom is 0.0950 e. The molecule has 0 rings (SSSR count). The van der Waals surface area contributed by atoms with Crippen LogP contribution in [-0.4, -0.2) is 0 Å². The minimum Gasteiger partial charge on any atom is -0.0650 e. The molecule has 7 heavy (non-hydrogen) atoms. The molecule has 0 bridgehead atoms. The predicted molar refractivity (Wildman–Crippen MR) is 34.0 cm³/mol. The minimum atomic E-state index is 0.616. The standard InChI is InChI=1S/C7H15/c1-5-7(4)6(2)3/h6-7H,2,5H2,1,3-4H3/q+1. The van der Waals surface area contributed by atoms with Gasteiger partial charge in [-0.25, -0.2) is 0 Å². The van der Waals surface area contributed by atoms with Gasteiger partial charge in [0.1, 0.15) is 0 Å². The fourth-order valence-corrected chi connectivity index (χ4v) is 0.402. The van der Waals surface area contributed by atoms with E-state index in [9.17, 15) is 0 Å². The summed E-state index contributed by atoms with van der Waals surface area (Å²) in [7, 11) is 0. The third-order valence-corrected chi connectivity index (χ3v) is 1.62. The van der Waals surface area contributed by atoms with Crippen molar-refractivity contribution in [2.24, 2.45) is 11.8 Å². The van der Waals surface area contributed by atoms with Gasteiger partial charge in [-0.3, -0.25) is 0 Å². The zero-order valence-corrected chi connectivity index (χ0v) is 5.57. The zero-order chi connectivity index (χ0) is 5.86. The summed E-state index contributed by atoms with van der Waals surface area (Å²) in [5, 5.41) is 0. The van der Waals surface area contributed by atoms with Crippen molar-refractivity contribution in [1.82, 2.24) is 0 Å². The van der Waals surface area contributed by atoms with Gasteiger partial charge >= 0.3 is 0 Å². The summed E-state index contributed by atoms with van der Waals surface area (Å²) in [4.78, 5) is 0. The van der Waals surface area contributed by atoms with Crippen molar-refractivity contribution in [3.63, 3.8) is 0 Å². The van der Waals surface area contributed by atoms with Gasteiger partial charge in [-0.1, -0.05) is 13.8 Å². The molecule has 0 aliphatic heterocycles. The summed E-state index contributed by atoms with van der Waals surface area (Å²) in [6.07, 6.45) is 1.25. The fraction of sp³-hybridized carbons (Fsp3) is 0.857. The van der Waals surface area contributed by atoms with Gasteiger partial charge in [-0.2, -0.15) is 0 Å². The van der Waals surface area contributed by atoms with Gasteiger partial charge in [0.05, 0.1) is 12.8 Å². The highest BCUT2D eigenvalue weighted by Crippen LogP contribution is 2.11. The van der Waals surface area contributed by atoms with Crippen molar-refractivity contribution in [2.45, 2.75) is 27.2 Å². The molecular formula is C7H15+. The van der Waals surface area contributed by atoms with Crippen LogP contribution in [0.5, 0.6) is 0 Å². The smallest absolute Gasteiger partial charge is 0.0650 e. The first-order valence-electron chi connectivity index (χ1n) is 3.01. The average Bonchev–Trinajstić information content (AvgIpc) is 1.65. The summed E-state index contributed by atoms with van der Waals surface area (Å²) < 4.78 is 0. The molecule has 42 valence electrons. The van der Waals surface area contributed by atoms with Crippen LogP contribution in [0.25, 0.3) is 0 Å². The number of hydrogen-bond donors (Lipinski definition) is 0. The molecule has 2 atom stereocenters. The van der Waals surface area contributed by atoms with E-state index in [0.717, 1.165) is 5.92 Å². The number of hydrogen-bond acceptors (Lipinski definition) is 0. The molecule has 0 N–H and O–H groups in total. The Balaban J connectivity index is 3.14. The van der Waals surface area contributed by atoms with Crippen LogP contribution < -0.4 is 0 Å². The summed E-state index contributed by atoms with van der Waals surface area (Å²) in [6.45, 7) is 10.5. The molecule has 0 heteroatoms. The second-order valence-electron chi connectivity index (χ2n) is 2.36. The largest absolute Gasteiger partial charge is 0.0950 e. The SMILES string of the molecule is [CH2+]C(C)C(C)CC. The summed E-state index contributed by atoms with van der Waals surface area (Å²) >= 11 is 0. The molecular weight excluding hydrogens is 84.1 g/mol. The fourth-order valence-electron chi connectivity index (χ4n) is 0.402. The normalized spacial score (nSPS) is 18.7. The first-order chi connectivity index (χ1) is 3.18. The van der Waals surface area contributed by atoms with Crippen molar-refractivity contribution < 1.29 is 0 Å². The van der Waals surface area contributed by atoms with E-state index in [4.69, 9.17) is 0 Å². The topological polar surface area (TPSA) is 0 Å². The Labute approximate surface area is 46.9 Å². The maximum absolute atomic E-state index is 3.91. The Bertz CT molecular complexity index is 37.3. The van der Waals surface area contributed by atoms with Crippen molar-refractivity contribution in [1.29, 1.82) is 0 Å². The van der Waals surface area contributed by atoms with Crippen LogP contribution in [0.1, 0.15) is 27.2 Å². The van der Waals surface area contributed by atoms with Crippen LogP contribution in [0.15, 0.2) is 0 Å². The van der Waals surface area contributed by atoms with Gasteiger partial charge in [0.25, 0.3) is 0 Å². The van der Waals surface area contributed by atoms with Gasteiger partial charge in [-0.15, -0.1) is 0 Å². The van der Waals surface area contributed by atoms with Crippen molar-refractivity contribution in [2.75, 3.05) is 0 Å². The van der Waals surface area contributed by atoms with Gasteiger partial charge in [0.2, 0.25) is 0 Å². The molecule has 0 radical (unpaired) electrons. The second kappa shape index (κ2) is 2.95. The lowest BCUT2D eigenvalue weighted by Gasteiger charge is -2.04. The molecule has 0 aliphatic rings. The van der Waals surface area contributed by atoms with Gasteiger partial charge in [0, 0.05) is 0 Å². The molecule has 0 amide bonds. The second-order valence-corrected chi connectivity index (χ2v) is 2.36. The molecule has 0 saturated carbocycles. The van der Waals surface area contributed by atoms with Gasteiger partial charge in [0.15, 0.2) is 0 Å². The first-order valence-corrected chi connectivity index (χ1v) is 3.01. The minimum absolute atomic E-state index is 0.616. The van der Waals surface area contributed by atoms with Gasteiger partial charge in [-0.05, 0) is 19.3 Å². The van der Waals surface area contributed by atoms with Crippen molar-refractivity contribution in [3.05, 3.63) is 6.92 Å². The Morgan fingerprint density at radius 1 is 1.43 bits per heavy atom. The molecule has 0 aromatic heterocycles. The molecule has 0 fully saturated rings. The lowest BCUT2D eigenvalue weighted by atomic mass is 9.96. The van der Waals surface area contributed by atoms with E-state index in [-0.39, 0.29) is 0 Å². The van der Waals surface area contributed by atoms with Crippen molar-refractivity contribution >= 4 is 0 Å². The molecule has 0 nitrogen and oxygen atoms in total. The summed E-state index contributed by atoms with van der Waals surface area (Å²) in [5.41, 5.74) is 0. The summed E-state index contributed by atoms with van der Waals surface area (Å²) in [6, 6.07) is 0. The molecule has 2 unspecified atom stereocenters. The number of rotatable bonds is 2. The molecule has 0 spiro atoms. The third-order valence-electron chi connectivity index (χ3n) is 1.62. The Morgan fingerprint density at radius 3 is 1.86 bits per heavy atom. The highest BCUT2D eigenvalue weighted by Gasteiger charge is 2.07. The van der Waals surface area contributed by atoms with E-state index < -0.39 is 0 Å². The van der Waals surface area contributed by atoms with E-state index in [1.807, 2.05) is 0 Å². The van der Waals surface area contributed by atoms with Crippen LogP contribution >= 0.6 is 0 Å². The Kier molecular flexibility index (Phi) is 2.89. The quantitative estimate of drug-likeness (QED) is 0.466. The molecule has 0 heterocycles.